The van der Waals surface area contributed by atoms with E-state index in [-0.39, 0.29) is 24.0 Å². The quantitative estimate of drug-likeness (QED) is 0.288. The number of hydrogen-bond acceptors (Lipinski definition) is 3. The fourth-order valence-electron chi connectivity index (χ4n) is 4.06. The van der Waals surface area contributed by atoms with Crippen molar-refractivity contribution in [3.63, 3.8) is 0 Å². The van der Waals surface area contributed by atoms with Crippen molar-refractivity contribution < 1.29 is 4.74 Å². The number of nitrogens with one attached hydrogen (secondary N) is 3. The largest absolute Gasteiger partial charge is 0.383 e. The molecule has 0 saturated carbocycles. The summed E-state index contributed by atoms with van der Waals surface area (Å²) in [4.78, 5) is 10.4. The van der Waals surface area contributed by atoms with Crippen LogP contribution in [0.5, 0.6) is 0 Å². The van der Waals surface area contributed by atoms with E-state index in [1.54, 1.807) is 7.11 Å². The highest BCUT2D eigenvalue weighted by Crippen LogP contribution is 2.22. The molecule has 2 heterocycles. The maximum Gasteiger partial charge on any atom is 0.190 e. The predicted molar refractivity (Wildman–Crippen MR) is 133 cm³/mol. The van der Waals surface area contributed by atoms with Crippen molar-refractivity contribution in [2.45, 2.75) is 26.2 Å². The van der Waals surface area contributed by atoms with Crippen molar-refractivity contribution in [2.75, 3.05) is 53.5 Å². The number of aromatic amines is 1. The number of methoxy groups -OCH3 is 1. The van der Waals surface area contributed by atoms with Gasteiger partial charge in [-0.1, -0.05) is 18.2 Å². The van der Waals surface area contributed by atoms with E-state index in [2.05, 4.69) is 56.7 Å². The molecule has 0 radical (unpaired) electrons. The number of rotatable bonds is 8. The van der Waals surface area contributed by atoms with Gasteiger partial charge in [-0.05, 0) is 56.8 Å². The highest BCUT2D eigenvalue weighted by atomic mass is 127. The number of aryl methyl sites for hydroxylation is 1. The molecular formula is C22H36IN5O. The Morgan fingerprint density at radius 2 is 2.00 bits per heavy atom. The van der Waals surface area contributed by atoms with Crippen LogP contribution in [0.25, 0.3) is 10.9 Å². The predicted octanol–water partition coefficient (Wildman–Crippen LogP) is 3.16. The smallest absolute Gasteiger partial charge is 0.190 e. The molecule has 1 aromatic carbocycles. The summed E-state index contributed by atoms with van der Waals surface area (Å²) < 4.78 is 5.18. The van der Waals surface area contributed by atoms with Crippen LogP contribution in [0, 0.1) is 12.8 Å². The molecule has 1 aliphatic heterocycles. The maximum absolute atomic E-state index is 5.18. The van der Waals surface area contributed by atoms with E-state index in [9.17, 15) is 0 Å². The van der Waals surface area contributed by atoms with Crippen LogP contribution in [0.4, 0.5) is 0 Å². The highest BCUT2D eigenvalue weighted by Gasteiger charge is 2.19. The molecule has 29 heavy (non-hydrogen) atoms. The number of aliphatic imine (C=N–C) groups is 1. The lowest BCUT2D eigenvalue weighted by Crippen LogP contribution is -2.43. The molecule has 0 atom stereocenters. The molecule has 1 aliphatic rings. The minimum absolute atomic E-state index is 0. The molecule has 1 aromatic heterocycles. The molecule has 0 unspecified atom stereocenters. The van der Waals surface area contributed by atoms with Crippen LogP contribution in [0.3, 0.4) is 0 Å². The van der Waals surface area contributed by atoms with Crippen LogP contribution in [0.2, 0.25) is 0 Å². The molecule has 0 aliphatic carbocycles. The number of H-pyrrole nitrogens is 1. The zero-order chi connectivity index (χ0) is 19.8. The third-order valence-corrected chi connectivity index (χ3v) is 5.80. The first-order valence-electron chi connectivity index (χ1n) is 10.4. The van der Waals surface area contributed by atoms with Gasteiger partial charge in [-0.2, -0.15) is 0 Å². The number of nitrogens with zero attached hydrogens (tertiary/aromatic N) is 2. The number of halogens is 1. The van der Waals surface area contributed by atoms with Gasteiger partial charge in [-0.15, -0.1) is 24.0 Å². The number of piperidine rings is 1. The third kappa shape index (κ3) is 6.86. The minimum atomic E-state index is 0. The Morgan fingerprint density at radius 3 is 2.72 bits per heavy atom. The number of para-hydroxylation sites is 1. The maximum atomic E-state index is 5.18. The van der Waals surface area contributed by atoms with Crippen LogP contribution < -0.4 is 10.6 Å². The van der Waals surface area contributed by atoms with Gasteiger partial charge >= 0.3 is 0 Å². The van der Waals surface area contributed by atoms with Gasteiger partial charge in [-0.3, -0.25) is 4.99 Å². The second-order valence-electron chi connectivity index (χ2n) is 7.68. The number of aromatic nitrogens is 1. The van der Waals surface area contributed by atoms with Gasteiger partial charge in [-0.25, -0.2) is 0 Å². The van der Waals surface area contributed by atoms with Crippen molar-refractivity contribution in [2.24, 2.45) is 10.9 Å². The van der Waals surface area contributed by atoms with Crippen LogP contribution in [0.15, 0.2) is 29.3 Å². The van der Waals surface area contributed by atoms with E-state index in [1.165, 1.54) is 48.1 Å². The summed E-state index contributed by atoms with van der Waals surface area (Å²) in [7, 11) is 3.62. The number of hydrogen-bond donors (Lipinski definition) is 3. The monoisotopic (exact) mass is 513 g/mol. The summed E-state index contributed by atoms with van der Waals surface area (Å²) in [6.45, 7) is 8.23. The van der Waals surface area contributed by atoms with Crippen molar-refractivity contribution in [3.05, 3.63) is 35.5 Å². The van der Waals surface area contributed by atoms with Crippen molar-refractivity contribution >= 4 is 40.8 Å². The normalized spacial score (nSPS) is 16.0. The summed E-state index contributed by atoms with van der Waals surface area (Å²) in [6, 6.07) is 8.52. The fourth-order valence-corrected chi connectivity index (χ4v) is 4.06. The molecular weight excluding hydrogens is 477 g/mol. The Kier molecular flexibility index (Phi) is 10.2. The van der Waals surface area contributed by atoms with Gasteiger partial charge in [0.15, 0.2) is 5.96 Å². The highest BCUT2D eigenvalue weighted by molar-refractivity contribution is 14.0. The number of guanidine groups is 1. The van der Waals surface area contributed by atoms with E-state index in [1.807, 2.05) is 7.05 Å². The first kappa shape index (κ1) is 24.0. The second-order valence-corrected chi connectivity index (χ2v) is 7.68. The van der Waals surface area contributed by atoms with E-state index >= 15 is 0 Å². The summed E-state index contributed by atoms with van der Waals surface area (Å²) in [5, 5.41) is 8.31. The fraction of sp³-hybridized carbons (Fsp3) is 0.591. The Bertz CT molecular complexity index is 768. The first-order valence-corrected chi connectivity index (χ1v) is 10.4. The van der Waals surface area contributed by atoms with Gasteiger partial charge in [0.25, 0.3) is 0 Å². The lowest BCUT2D eigenvalue weighted by Gasteiger charge is -2.32. The van der Waals surface area contributed by atoms with Gasteiger partial charge in [0.2, 0.25) is 0 Å². The van der Waals surface area contributed by atoms with E-state index in [0.717, 1.165) is 38.6 Å². The summed E-state index contributed by atoms with van der Waals surface area (Å²) in [5.74, 6) is 1.62. The van der Waals surface area contributed by atoms with E-state index < -0.39 is 0 Å². The lowest BCUT2D eigenvalue weighted by molar-refractivity contribution is 0.121. The molecule has 3 N–H and O–H groups in total. The van der Waals surface area contributed by atoms with Gasteiger partial charge in [0.1, 0.15) is 0 Å². The van der Waals surface area contributed by atoms with Crippen LogP contribution in [-0.2, 0) is 11.2 Å². The number of fused-ring (bicyclic) bond motifs is 1. The summed E-state index contributed by atoms with van der Waals surface area (Å²) in [5.41, 5.74) is 3.86. The Hall–Kier alpha value is -1.32. The first-order chi connectivity index (χ1) is 13.7. The van der Waals surface area contributed by atoms with Crippen LogP contribution >= 0.6 is 24.0 Å². The molecule has 0 amide bonds. The molecule has 6 nitrogen and oxygen atoms in total. The number of benzene rings is 1. The van der Waals surface area contributed by atoms with Gasteiger partial charge in [0, 0.05) is 50.4 Å². The molecule has 1 fully saturated rings. The lowest BCUT2D eigenvalue weighted by atomic mass is 9.97. The molecule has 0 bridgehead atoms. The Morgan fingerprint density at radius 1 is 1.24 bits per heavy atom. The molecule has 7 heteroatoms. The Balaban J connectivity index is 0.00000300. The molecule has 162 valence electrons. The van der Waals surface area contributed by atoms with Crippen molar-refractivity contribution in [1.29, 1.82) is 0 Å². The van der Waals surface area contributed by atoms with E-state index in [0.29, 0.717) is 5.92 Å². The standard InChI is InChI=1S/C22H35N5O.HI/c1-17-19(20-6-4-5-7-21(20)26-17)8-11-24-22(23-2)25-16-18-9-12-27(13-10-18)14-15-28-3;/h4-7,18,26H,8-16H2,1-3H3,(H2,23,24,25);1H. The summed E-state index contributed by atoms with van der Waals surface area (Å²) >= 11 is 0. The number of likely N-dealkylation sites (tertiary alicyclic amines) is 1. The van der Waals surface area contributed by atoms with Crippen LogP contribution in [-0.4, -0.2) is 69.3 Å². The summed E-state index contributed by atoms with van der Waals surface area (Å²) in [6.07, 6.45) is 3.46. The van der Waals surface area contributed by atoms with Gasteiger partial charge in [0.05, 0.1) is 6.61 Å². The minimum Gasteiger partial charge on any atom is -0.383 e. The average Bonchev–Trinajstić information content (AvgIpc) is 3.05. The molecule has 3 rings (SSSR count). The third-order valence-electron chi connectivity index (χ3n) is 5.80. The molecule has 0 spiro atoms. The van der Waals surface area contributed by atoms with Gasteiger partial charge < -0.3 is 25.3 Å². The average molecular weight is 513 g/mol. The van der Waals surface area contributed by atoms with Crippen molar-refractivity contribution in [3.8, 4) is 0 Å². The molecule has 2 aromatic rings. The number of ether oxygens (including phenoxy) is 1. The second kappa shape index (κ2) is 12.4. The Labute approximate surface area is 191 Å². The SMILES string of the molecule is CN=C(NCCc1c(C)[nH]c2ccccc12)NCC1CCN(CCOC)CC1.I. The zero-order valence-corrected chi connectivity index (χ0v) is 20.3. The van der Waals surface area contributed by atoms with E-state index in [4.69, 9.17) is 4.74 Å². The zero-order valence-electron chi connectivity index (χ0n) is 18.0. The van der Waals surface area contributed by atoms with Crippen LogP contribution in [0.1, 0.15) is 24.1 Å². The topological polar surface area (TPSA) is 64.7 Å². The van der Waals surface area contributed by atoms with Crippen molar-refractivity contribution in [1.82, 2.24) is 20.5 Å². The molecule has 1 saturated heterocycles.